The van der Waals surface area contributed by atoms with Crippen molar-refractivity contribution in [2.24, 2.45) is 0 Å². The van der Waals surface area contributed by atoms with E-state index in [1.165, 1.54) is 24.3 Å². The Hall–Kier alpha value is -3.40. The van der Waals surface area contributed by atoms with E-state index in [4.69, 9.17) is 6.42 Å². The molecule has 0 aliphatic carbocycles. The number of anilines is 1. The van der Waals surface area contributed by atoms with Crippen LogP contribution in [0.1, 0.15) is 15.9 Å². The van der Waals surface area contributed by atoms with Crippen LogP contribution in [0.4, 0.5) is 14.5 Å². The Kier molecular flexibility index (Phi) is 6.68. The van der Waals surface area contributed by atoms with Gasteiger partial charge >= 0.3 is 6.61 Å². The minimum absolute atomic E-state index is 0.00919. The molecular formula is C19H16F2N2O3. The van der Waals surface area contributed by atoms with Gasteiger partial charge < -0.3 is 15.4 Å². The molecule has 2 aromatic rings. The van der Waals surface area contributed by atoms with Gasteiger partial charge in [0.15, 0.2) is 0 Å². The van der Waals surface area contributed by atoms with Crippen LogP contribution in [0.5, 0.6) is 5.75 Å². The van der Waals surface area contributed by atoms with Crippen molar-refractivity contribution in [1.82, 2.24) is 5.32 Å². The van der Waals surface area contributed by atoms with E-state index in [0.717, 1.165) is 0 Å². The van der Waals surface area contributed by atoms with Gasteiger partial charge in [-0.1, -0.05) is 30.2 Å². The molecule has 0 aliphatic heterocycles. The van der Waals surface area contributed by atoms with Crippen molar-refractivity contribution in [3.05, 3.63) is 59.7 Å². The number of hydrogen-bond donors (Lipinski definition) is 2. The first-order chi connectivity index (χ1) is 12.5. The quantitative estimate of drug-likeness (QED) is 0.748. The highest BCUT2D eigenvalue weighted by Gasteiger charge is 2.13. The highest BCUT2D eigenvalue weighted by molar-refractivity contribution is 6.04. The van der Waals surface area contributed by atoms with Gasteiger partial charge in [-0.2, -0.15) is 8.78 Å². The van der Waals surface area contributed by atoms with Gasteiger partial charge in [-0.3, -0.25) is 9.59 Å². The number of carbonyl (C=O) groups excluding carboxylic acids is 2. The molecule has 2 aromatic carbocycles. The Morgan fingerprint density at radius 2 is 1.81 bits per heavy atom. The summed E-state index contributed by atoms with van der Waals surface area (Å²) >= 11 is 0. The van der Waals surface area contributed by atoms with Crippen molar-refractivity contribution >= 4 is 17.5 Å². The SMILES string of the molecule is C#CCNC(=O)c1ccccc1NC(=O)Cc1ccc(OC(F)F)cc1. The summed E-state index contributed by atoms with van der Waals surface area (Å²) in [4.78, 5) is 24.3. The Bertz CT molecular complexity index is 814. The van der Waals surface area contributed by atoms with Gasteiger partial charge in [0, 0.05) is 0 Å². The van der Waals surface area contributed by atoms with Gasteiger partial charge in [-0.25, -0.2) is 0 Å². The topological polar surface area (TPSA) is 67.4 Å². The standard InChI is InChI=1S/C19H16F2N2O3/c1-2-11-22-18(25)15-5-3-4-6-16(15)23-17(24)12-13-7-9-14(10-8-13)26-19(20)21/h1,3-10,19H,11-12H2,(H,22,25)(H,23,24). The van der Waals surface area contributed by atoms with Crippen LogP contribution in [0.15, 0.2) is 48.5 Å². The molecule has 0 saturated heterocycles. The van der Waals surface area contributed by atoms with Crippen LogP contribution in [0, 0.1) is 12.3 Å². The molecule has 26 heavy (non-hydrogen) atoms. The molecule has 0 spiro atoms. The lowest BCUT2D eigenvalue weighted by Crippen LogP contribution is -2.25. The lowest BCUT2D eigenvalue weighted by atomic mass is 10.1. The number of para-hydroxylation sites is 1. The summed E-state index contributed by atoms with van der Waals surface area (Å²) in [6.45, 7) is -2.82. The first-order valence-electron chi connectivity index (χ1n) is 7.64. The Labute approximate surface area is 149 Å². The summed E-state index contributed by atoms with van der Waals surface area (Å²) in [5.74, 6) is 1.56. The Morgan fingerprint density at radius 3 is 2.46 bits per heavy atom. The molecule has 0 unspecified atom stereocenters. The second-order valence-corrected chi connectivity index (χ2v) is 5.18. The van der Waals surface area contributed by atoms with E-state index < -0.39 is 12.5 Å². The van der Waals surface area contributed by atoms with Gasteiger partial charge in [-0.05, 0) is 29.8 Å². The largest absolute Gasteiger partial charge is 0.435 e. The Balaban J connectivity index is 2.02. The maximum Gasteiger partial charge on any atom is 0.387 e. The van der Waals surface area contributed by atoms with Crippen LogP contribution in [-0.2, 0) is 11.2 Å². The lowest BCUT2D eigenvalue weighted by Gasteiger charge is -2.11. The highest BCUT2D eigenvalue weighted by atomic mass is 19.3. The molecular weight excluding hydrogens is 342 g/mol. The van der Waals surface area contributed by atoms with E-state index in [-0.39, 0.29) is 30.2 Å². The van der Waals surface area contributed by atoms with Crippen molar-refractivity contribution in [1.29, 1.82) is 0 Å². The highest BCUT2D eigenvalue weighted by Crippen LogP contribution is 2.17. The van der Waals surface area contributed by atoms with E-state index >= 15 is 0 Å². The third-order valence-electron chi connectivity index (χ3n) is 3.31. The number of nitrogens with one attached hydrogen (secondary N) is 2. The molecule has 0 bridgehead atoms. The molecule has 0 radical (unpaired) electrons. The first-order valence-corrected chi connectivity index (χ1v) is 7.64. The number of halogens is 2. The van der Waals surface area contributed by atoms with Crippen molar-refractivity contribution in [2.45, 2.75) is 13.0 Å². The molecule has 0 atom stereocenters. The zero-order chi connectivity index (χ0) is 18.9. The number of alkyl halides is 2. The van der Waals surface area contributed by atoms with Crippen LogP contribution in [0.3, 0.4) is 0 Å². The van der Waals surface area contributed by atoms with Crippen molar-refractivity contribution < 1.29 is 23.1 Å². The molecule has 0 heterocycles. The Morgan fingerprint density at radius 1 is 1.12 bits per heavy atom. The van der Waals surface area contributed by atoms with E-state index in [1.807, 2.05) is 0 Å². The van der Waals surface area contributed by atoms with Gasteiger partial charge in [-0.15, -0.1) is 6.42 Å². The summed E-state index contributed by atoms with van der Waals surface area (Å²) in [5.41, 5.74) is 1.25. The maximum absolute atomic E-state index is 12.2. The predicted octanol–water partition coefficient (Wildman–Crippen LogP) is 2.83. The number of amides is 2. The molecule has 134 valence electrons. The molecule has 0 fully saturated rings. The van der Waals surface area contributed by atoms with E-state index in [2.05, 4.69) is 21.3 Å². The van der Waals surface area contributed by atoms with E-state index in [1.54, 1.807) is 24.3 Å². The second-order valence-electron chi connectivity index (χ2n) is 5.18. The van der Waals surface area contributed by atoms with Crippen LogP contribution in [0.2, 0.25) is 0 Å². The lowest BCUT2D eigenvalue weighted by molar-refractivity contribution is -0.115. The average molecular weight is 358 g/mol. The summed E-state index contributed by atoms with van der Waals surface area (Å²) in [7, 11) is 0. The number of rotatable bonds is 7. The number of hydrogen-bond acceptors (Lipinski definition) is 3. The van der Waals surface area contributed by atoms with Crippen molar-refractivity contribution in [3.8, 4) is 18.1 Å². The summed E-state index contributed by atoms with van der Waals surface area (Å²) in [5, 5.41) is 5.19. The molecule has 2 amide bonds. The minimum Gasteiger partial charge on any atom is -0.435 e. The molecule has 7 heteroatoms. The third kappa shape index (κ3) is 5.60. The number of ether oxygens (including phenoxy) is 1. The fraction of sp³-hybridized carbons (Fsp3) is 0.158. The zero-order valence-electron chi connectivity index (χ0n) is 13.7. The maximum atomic E-state index is 12.2. The summed E-state index contributed by atoms with van der Waals surface area (Å²) in [6, 6.07) is 12.3. The van der Waals surface area contributed by atoms with Crippen LogP contribution in [0.25, 0.3) is 0 Å². The molecule has 0 aliphatic rings. The normalized spacial score (nSPS) is 10.1. The fourth-order valence-electron chi connectivity index (χ4n) is 2.19. The van der Waals surface area contributed by atoms with Crippen LogP contribution in [-0.4, -0.2) is 25.0 Å². The minimum atomic E-state index is -2.90. The molecule has 5 nitrogen and oxygen atoms in total. The fourth-order valence-corrected chi connectivity index (χ4v) is 2.19. The number of carbonyl (C=O) groups is 2. The van der Waals surface area contributed by atoms with Crippen molar-refractivity contribution in [3.63, 3.8) is 0 Å². The molecule has 2 rings (SSSR count). The number of benzene rings is 2. The van der Waals surface area contributed by atoms with Crippen molar-refractivity contribution in [2.75, 3.05) is 11.9 Å². The predicted molar refractivity (Wildman–Crippen MR) is 93.0 cm³/mol. The second kappa shape index (κ2) is 9.18. The first kappa shape index (κ1) is 18.9. The molecule has 0 saturated carbocycles. The van der Waals surface area contributed by atoms with Crippen LogP contribution >= 0.6 is 0 Å². The van der Waals surface area contributed by atoms with Crippen LogP contribution < -0.4 is 15.4 Å². The molecule has 2 N–H and O–H groups in total. The van der Waals surface area contributed by atoms with E-state index in [0.29, 0.717) is 11.3 Å². The van der Waals surface area contributed by atoms with Gasteiger partial charge in [0.25, 0.3) is 5.91 Å². The summed E-state index contributed by atoms with van der Waals surface area (Å²) in [6.07, 6.45) is 5.12. The average Bonchev–Trinajstić information content (AvgIpc) is 2.61. The van der Waals surface area contributed by atoms with Gasteiger partial charge in [0.05, 0.1) is 24.2 Å². The third-order valence-corrected chi connectivity index (χ3v) is 3.31. The smallest absolute Gasteiger partial charge is 0.387 e. The zero-order valence-corrected chi connectivity index (χ0v) is 13.7. The van der Waals surface area contributed by atoms with E-state index in [9.17, 15) is 18.4 Å². The summed E-state index contributed by atoms with van der Waals surface area (Å²) < 4.78 is 28.5. The van der Waals surface area contributed by atoms with Gasteiger partial charge in [0.1, 0.15) is 5.75 Å². The molecule has 0 aromatic heterocycles. The van der Waals surface area contributed by atoms with Gasteiger partial charge in [0.2, 0.25) is 5.91 Å². The monoisotopic (exact) mass is 358 g/mol. The number of terminal acetylenes is 1.